The smallest absolute Gasteiger partial charge is 0.0972 e. The van der Waals surface area contributed by atoms with Crippen LogP contribution in [0.4, 0.5) is 0 Å². The molecule has 0 aromatic heterocycles. The number of nitrogens with two attached hydrogens (primary N) is 1. The molecule has 1 saturated heterocycles. The fourth-order valence-corrected chi connectivity index (χ4v) is 2.86. The molecule has 108 valence electrons. The van der Waals surface area contributed by atoms with E-state index in [-0.39, 0.29) is 17.7 Å². The van der Waals surface area contributed by atoms with E-state index in [9.17, 15) is 0 Å². The summed E-state index contributed by atoms with van der Waals surface area (Å²) in [6, 6.07) is 0. The zero-order valence-electron chi connectivity index (χ0n) is 12.3. The Morgan fingerprint density at radius 1 is 1.17 bits per heavy atom. The Bertz CT molecular complexity index is 238. The third kappa shape index (κ3) is 2.86. The fraction of sp³-hybridized carbons (Fsp3) is 1.00. The molecule has 0 aromatic rings. The van der Waals surface area contributed by atoms with E-state index >= 15 is 0 Å². The fourth-order valence-electron chi connectivity index (χ4n) is 2.86. The summed E-state index contributed by atoms with van der Waals surface area (Å²) >= 11 is 0. The van der Waals surface area contributed by atoms with E-state index in [4.69, 9.17) is 19.9 Å². The summed E-state index contributed by atoms with van der Waals surface area (Å²) in [5.74, 6) is 0.413. The molecule has 0 amide bonds. The molecule has 3 unspecified atom stereocenters. The first-order valence-electron chi connectivity index (χ1n) is 6.55. The molecule has 0 spiro atoms. The highest BCUT2D eigenvalue weighted by atomic mass is 16.5. The monoisotopic (exact) mass is 260 g/mol. The molecule has 18 heavy (non-hydrogen) atoms. The van der Waals surface area contributed by atoms with Gasteiger partial charge in [-0.15, -0.1) is 0 Å². The zero-order chi connectivity index (χ0) is 13.8. The van der Waals surface area contributed by atoms with Crippen molar-refractivity contribution in [3.8, 4) is 0 Å². The topological polar surface area (TPSA) is 57.0 Å². The zero-order valence-corrected chi connectivity index (χ0v) is 12.3. The Kier molecular flexibility index (Phi) is 6.01. The van der Waals surface area contributed by atoms with Gasteiger partial charge >= 0.3 is 0 Å². The average molecular weight is 260 g/mol. The van der Waals surface area contributed by atoms with Crippen LogP contribution in [0.3, 0.4) is 0 Å². The van der Waals surface area contributed by atoms with E-state index < -0.39 is 0 Å². The number of likely N-dealkylation sites (tertiary alicyclic amines) is 1. The van der Waals surface area contributed by atoms with E-state index in [1.54, 1.807) is 21.3 Å². The number of nitrogens with zero attached hydrogens (tertiary/aromatic N) is 1. The predicted octanol–water partition coefficient (Wildman–Crippen LogP) is 0.332. The largest absolute Gasteiger partial charge is 0.383 e. The first-order chi connectivity index (χ1) is 8.55. The Morgan fingerprint density at radius 2 is 1.67 bits per heavy atom. The lowest BCUT2D eigenvalue weighted by Gasteiger charge is -2.44. The second-order valence-electron chi connectivity index (χ2n) is 5.35. The molecule has 1 rings (SSSR count). The number of rotatable bonds is 7. The van der Waals surface area contributed by atoms with Crippen LogP contribution in [0.25, 0.3) is 0 Å². The first kappa shape index (κ1) is 15.9. The van der Waals surface area contributed by atoms with Gasteiger partial charge in [0.2, 0.25) is 0 Å². The molecule has 0 aliphatic carbocycles. The standard InChI is InChI=1S/C13H28N2O3/c1-10(2)13(8-14,9-16-3)15-6-11(17-4)12(7-15)18-5/h10-12H,6-9,14H2,1-5H3. The Morgan fingerprint density at radius 3 is 1.94 bits per heavy atom. The highest BCUT2D eigenvalue weighted by Crippen LogP contribution is 2.30. The number of methoxy groups -OCH3 is 3. The van der Waals surface area contributed by atoms with Gasteiger partial charge in [-0.2, -0.15) is 0 Å². The van der Waals surface area contributed by atoms with Crippen molar-refractivity contribution in [2.24, 2.45) is 11.7 Å². The maximum absolute atomic E-state index is 6.05. The highest BCUT2D eigenvalue weighted by Gasteiger charge is 2.46. The van der Waals surface area contributed by atoms with Crippen LogP contribution in [-0.4, -0.2) is 70.2 Å². The van der Waals surface area contributed by atoms with Crippen molar-refractivity contribution in [3.05, 3.63) is 0 Å². The SMILES string of the molecule is COCC(CN)(C(C)C)N1CC(OC)C(OC)C1. The summed E-state index contributed by atoms with van der Waals surface area (Å²) in [4.78, 5) is 2.36. The van der Waals surface area contributed by atoms with Gasteiger partial charge in [0.05, 0.1) is 24.4 Å². The molecule has 1 aliphatic heterocycles. The lowest BCUT2D eigenvalue weighted by Crippen LogP contribution is -2.60. The van der Waals surface area contributed by atoms with Gasteiger partial charge in [-0.3, -0.25) is 4.90 Å². The van der Waals surface area contributed by atoms with E-state index in [1.807, 2.05) is 0 Å². The third-order valence-corrected chi connectivity index (χ3v) is 4.27. The van der Waals surface area contributed by atoms with Gasteiger partial charge in [0.15, 0.2) is 0 Å². The lowest BCUT2D eigenvalue weighted by molar-refractivity contribution is -0.0122. The average Bonchev–Trinajstić information content (AvgIpc) is 2.78. The molecule has 0 bridgehead atoms. The van der Waals surface area contributed by atoms with Crippen molar-refractivity contribution >= 4 is 0 Å². The van der Waals surface area contributed by atoms with E-state index in [0.29, 0.717) is 19.1 Å². The molecular weight excluding hydrogens is 232 g/mol. The van der Waals surface area contributed by atoms with Gasteiger partial charge in [0.25, 0.3) is 0 Å². The maximum Gasteiger partial charge on any atom is 0.0972 e. The number of ether oxygens (including phenoxy) is 3. The second-order valence-corrected chi connectivity index (χ2v) is 5.35. The van der Waals surface area contributed by atoms with Crippen molar-refractivity contribution in [2.45, 2.75) is 31.6 Å². The van der Waals surface area contributed by atoms with E-state index in [2.05, 4.69) is 18.7 Å². The predicted molar refractivity (Wildman–Crippen MR) is 71.7 cm³/mol. The van der Waals surface area contributed by atoms with Crippen LogP contribution in [0.5, 0.6) is 0 Å². The van der Waals surface area contributed by atoms with Gasteiger partial charge in [-0.05, 0) is 5.92 Å². The van der Waals surface area contributed by atoms with Crippen molar-refractivity contribution in [1.82, 2.24) is 4.90 Å². The lowest BCUT2D eigenvalue weighted by atomic mass is 9.85. The van der Waals surface area contributed by atoms with Crippen LogP contribution >= 0.6 is 0 Å². The minimum Gasteiger partial charge on any atom is -0.383 e. The number of hydrogen-bond acceptors (Lipinski definition) is 5. The molecule has 5 nitrogen and oxygen atoms in total. The van der Waals surface area contributed by atoms with Crippen molar-refractivity contribution < 1.29 is 14.2 Å². The third-order valence-electron chi connectivity index (χ3n) is 4.27. The molecule has 5 heteroatoms. The van der Waals surface area contributed by atoms with Gasteiger partial charge < -0.3 is 19.9 Å². The number of hydrogen-bond donors (Lipinski definition) is 1. The minimum atomic E-state index is -0.140. The van der Waals surface area contributed by atoms with Gasteiger partial charge in [-0.25, -0.2) is 0 Å². The van der Waals surface area contributed by atoms with Gasteiger partial charge in [0, 0.05) is 41.0 Å². The Hall–Kier alpha value is -0.200. The second kappa shape index (κ2) is 6.82. The van der Waals surface area contributed by atoms with Crippen LogP contribution < -0.4 is 5.73 Å². The summed E-state index contributed by atoms with van der Waals surface area (Å²) in [6.07, 6.45) is 0.216. The van der Waals surface area contributed by atoms with Crippen LogP contribution in [0.15, 0.2) is 0 Å². The molecule has 3 atom stereocenters. The Balaban J connectivity index is 2.87. The maximum atomic E-state index is 6.05. The quantitative estimate of drug-likeness (QED) is 0.715. The van der Waals surface area contributed by atoms with Crippen molar-refractivity contribution in [1.29, 1.82) is 0 Å². The molecule has 1 aliphatic rings. The van der Waals surface area contributed by atoms with Crippen LogP contribution in [0.1, 0.15) is 13.8 Å². The molecule has 0 aromatic carbocycles. The van der Waals surface area contributed by atoms with Crippen molar-refractivity contribution in [2.75, 3.05) is 47.6 Å². The summed E-state index contributed by atoms with van der Waals surface area (Å²) in [5.41, 5.74) is 5.91. The summed E-state index contributed by atoms with van der Waals surface area (Å²) < 4.78 is 16.4. The molecular formula is C13H28N2O3. The minimum absolute atomic E-state index is 0.108. The summed E-state index contributed by atoms with van der Waals surface area (Å²) in [6.45, 7) is 7.27. The molecule has 1 heterocycles. The molecule has 0 saturated carbocycles. The van der Waals surface area contributed by atoms with Gasteiger partial charge in [-0.1, -0.05) is 13.8 Å². The first-order valence-corrected chi connectivity index (χ1v) is 6.55. The normalized spacial score (nSPS) is 28.8. The van der Waals surface area contributed by atoms with Gasteiger partial charge in [0.1, 0.15) is 0 Å². The van der Waals surface area contributed by atoms with E-state index in [1.165, 1.54) is 0 Å². The van der Waals surface area contributed by atoms with Crippen LogP contribution in [-0.2, 0) is 14.2 Å². The molecule has 1 fully saturated rings. The summed E-state index contributed by atoms with van der Waals surface area (Å²) in [7, 11) is 5.19. The molecule has 2 N–H and O–H groups in total. The van der Waals surface area contributed by atoms with Crippen LogP contribution in [0.2, 0.25) is 0 Å². The highest BCUT2D eigenvalue weighted by molar-refractivity contribution is 5.01. The molecule has 0 radical (unpaired) electrons. The summed E-state index contributed by atoms with van der Waals surface area (Å²) in [5, 5.41) is 0. The Labute approximate surface area is 111 Å². The van der Waals surface area contributed by atoms with Crippen molar-refractivity contribution in [3.63, 3.8) is 0 Å². The van der Waals surface area contributed by atoms with Crippen LogP contribution in [0, 0.1) is 5.92 Å². The van der Waals surface area contributed by atoms with E-state index in [0.717, 1.165) is 13.1 Å².